The molecule has 6 unspecified atom stereocenters. The van der Waals surface area contributed by atoms with Gasteiger partial charge in [0.2, 0.25) is 23.5 Å². The number of aromatic hydroxyl groups is 2. The highest BCUT2D eigenvalue weighted by Crippen LogP contribution is 2.39. The number of unbranched alkanes of at least 4 members (excludes halogenated alkanes) is 1. The third-order valence-corrected chi connectivity index (χ3v) is 12.4. The zero-order valence-corrected chi connectivity index (χ0v) is 38.1. The summed E-state index contributed by atoms with van der Waals surface area (Å²) in [6, 6.07) is 20.1. The van der Waals surface area contributed by atoms with Crippen LogP contribution in [0.3, 0.4) is 0 Å². The maximum Gasteiger partial charge on any atom is 0.251 e. The molecule has 0 saturated carbocycles. The number of ketones is 2. The predicted molar refractivity (Wildman–Crippen MR) is 250 cm³/mol. The van der Waals surface area contributed by atoms with Crippen LogP contribution in [-0.4, -0.2) is 92.2 Å². The number of carbonyl (C=O) groups excluding carboxylic acids is 6. The van der Waals surface area contributed by atoms with Crippen molar-refractivity contribution in [3.8, 4) is 33.8 Å². The summed E-state index contributed by atoms with van der Waals surface area (Å²) < 4.78 is 0. The standard InChI is InChI=1S/C50H56ClN7O8/c1-5-31-26-36(48(64)54-29(3)46(62)40-21-23-53-57-40)24-30-9-19-42(59)38(25-30)39-27-35(16-20-43(39)60)44(49(65)55-28(2)45(31)61)58(4)50(66)41(8-6-7-22-52)56-47(63)34-12-10-32(11-13-34)33-14-17-37(51)18-15-33/h9-21,23,25,27-29,31,36,41,44,59-60H,5-8,22,24,26,52H2,1-4H3,(H,53,57)(H,54,64)(H,55,65)(H,56,63). The molecule has 8 N–H and O–H groups in total. The Kier molecular flexibility index (Phi) is 16.1. The molecule has 1 aliphatic heterocycles. The number of rotatable bonds is 14. The Hall–Kier alpha value is -6.84. The first-order chi connectivity index (χ1) is 31.6. The van der Waals surface area contributed by atoms with Gasteiger partial charge in [-0.1, -0.05) is 54.9 Å². The van der Waals surface area contributed by atoms with Gasteiger partial charge in [0.25, 0.3) is 5.91 Å². The first-order valence-corrected chi connectivity index (χ1v) is 22.4. The number of amides is 4. The van der Waals surface area contributed by atoms with Gasteiger partial charge in [0.15, 0.2) is 5.78 Å². The van der Waals surface area contributed by atoms with E-state index in [9.17, 15) is 39.0 Å². The summed E-state index contributed by atoms with van der Waals surface area (Å²) in [6.45, 7) is 5.25. The Morgan fingerprint density at radius 1 is 0.894 bits per heavy atom. The Labute approximate surface area is 388 Å². The first kappa shape index (κ1) is 48.6. The van der Waals surface area contributed by atoms with Crippen LogP contribution in [-0.2, 0) is 25.6 Å². The highest BCUT2D eigenvalue weighted by Gasteiger charge is 2.37. The number of aromatic nitrogens is 2. The number of Topliss-reactive ketones (excluding diaryl/α,β-unsaturated/α-hetero) is 2. The van der Waals surface area contributed by atoms with E-state index in [-0.39, 0.29) is 64.7 Å². The molecule has 6 atom stereocenters. The number of nitrogens with zero attached hydrogens (tertiary/aromatic N) is 2. The number of carbonyl (C=O) groups is 6. The Morgan fingerprint density at radius 3 is 2.18 bits per heavy atom. The molecule has 66 heavy (non-hydrogen) atoms. The van der Waals surface area contributed by atoms with Crippen molar-refractivity contribution in [1.29, 1.82) is 0 Å². The van der Waals surface area contributed by atoms with Crippen LogP contribution in [0.5, 0.6) is 11.5 Å². The number of aromatic amines is 1. The number of phenols is 2. The van der Waals surface area contributed by atoms with E-state index in [0.717, 1.165) is 11.1 Å². The largest absolute Gasteiger partial charge is 0.507 e. The van der Waals surface area contributed by atoms with Gasteiger partial charge >= 0.3 is 0 Å². The maximum absolute atomic E-state index is 14.7. The SMILES string of the molecule is CCC1CC(C(=O)NC(C)C(=O)c2ccn[nH]2)Cc2ccc(O)c(c2)-c2cc(ccc2O)C(N(C)C(=O)C(CCCCN)NC(=O)c2ccc(-c3ccc(Cl)cc3)cc2)C(=O)NC(C)C1=O. The van der Waals surface area contributed by atoms with E-state index in [2.05, 4.69) is 26.1 Å². The lowest BCUT2D eigenvalue weighted by Gasteiger charge is -2.32. The summed E-state index contributed by atoms with van der Waals surface area (Å²) >= 11 is 6.06. The van der Waals surface area contributed by atoms with Crippen molar-refractivity contribution in [1.82, 2.24) is 31.0 Å². The fourth-order valence-electron chi connectivity index (χ4n) is 8.37. The molecular weight excluding hydrogens is 862 g/mol. The van der Waals surface area contributed by atoms with Gasteiger partial charge in [-0.3, -0.25) is 33.9 Å². The number of nitrogens with two attached hydrogens (primary N) is 1. The molecule has 0 fully saturated rings. The number of nitrogens with one attached hydrogen (secondary N) is 4. The average molecular weight is 918 g/mol. The van der Waals surface area contributed by atoms with Crippen LogP contribution in [0.4, 0.5) is 0 Å². The van der Waals surface area contributed by atoms with Crippen molar-refractivity contribution < 1.29 is 39.0 Å². The van der Waals surface area contributed by atoms with Crippen molar-refractivity contribution >= 4 is 46.8 Å². The molecule has 0 aliphatic carbocycles. The Balaban J connectivity index is 1.34. The number of benzene rings is 4. The topological polar surface area (TPSA) is 237 Å². The second kappa shape index (κ2) is 21.9. The average Bonchev–Trinajstić information content (AvgIpc) is 3.86. The molecular formula is C50H56ClN7O8. The zero-order chi connectivity index (χ0) is 47.7. The summed E-state index contributed by atoms with van der Waals surface area (Å²) in [6.07, 6.45) is 3.14. The van der Waals surface area contributed by atoms with E-state index in [1.54, 1.807) is 62.4 Å². The minimum atomic E-state index is -1.40. The third-order valence-electron chi connectivity index (χ3n) is 12.2. The minimum absolute atomic E-state index is 0.0530. The smallest absolute Gasteiger partial charge is 0.251 e. The van der Waals surface area contributed by atoms with E-state index >= 15 is 0 Å². The van der Waals surface area contributed by atoms with Crippen LogP contribution >= 0.6 is 11.6 Å². The summed E-state index contributed by atoms with van der Waals surface area (Å²) in [5.41, 5.74) is 9.23. The third kappa shape index (κ3) is 11.5. The fourth-order valence-corrected chi connectivity index (χ4v) is 8.50. The number of likely N-dealkylation sites (N-methyl/N-ethyl adjacent to an activating group) is 1. The van der Waals surface area contributed by atoms with Gasteiger partial charge in [0.1, 0.15) is 29.3 Å². The van der Waals surface area contributed by atoms with Crippen LogP contribution in [0.2, 0.25) is 5.02 Å². The van der Waals surface area contributed by atoms with E-state index in [4.69, 9.17) is 17.3 Å². The molecule has 1 aromatic heterocycles. The summed E-state index contributed by atoms with van der Waals surface area (Å²) in [5.74, 6) is -5.07. The van der Waals surface area contributed by atoms with Crippen LogP contribution < -0.4 is 21.7 Å². The normalized spacial score (nSPS) is 18.5. The van der Waals surface area contributed by atoms with E-state index < -0.39 is 59.6 Å². The lowest BCUT2D eigenvalue weighted by atomic mass is 9.83. The highest BCUT2D eigenvalue weighted by molar-refractivity contribution is 6.30. The van der Waals surface area contributed by atoms with Crippen molar-refractivity contribution in [2.75, 3.05) is 13.6 Å². The van der Waals surface area contributed by atoms with Crippen molar-refractivity contribution in [3.05, 3.63) is 125 Å². The molecule has 0 saturated heterocycles. The number of fused-ring (bicyclic) bond motifs is 5. The van der Waals surface area contributed by atoms with Gasteiger partial charge in [-0.05, 0) is 136 Å². The zero-order valence-electron chi connectivity index (χ0n) is 37.3. The van der Waals surface area contributed by atoms with Crippen molar-refractivity contribution in [3.63, 3.8) is 0 Å². The maximum atomic E-state index is 14.7. The van der Waals surface area contributed by atoms with Gasteiger partial charge in [-0.25, -0.2) is 0 Å². The minimum Gasteiger partial charge on any atom is -0.507 e. The molecule has 0 spiro atoms. The molecule has 4 bridgehead atoms. The van der Waals surface area contributed by atoms with Gasteiger partial charge in [0.05, 0.1) is 12.1 Å². The van der Waals surface area contributed by atoms with Gasteiger partial charge in [-0.2, -0.15) is 5.10 Å². The Bertz CT molecular complexity index is 2550. The summed E-state index contributed by atoms with van der Waals surface area (Å²) in [7, 11) is 1.43. The second-order valence-corrected chi connectivity index (χ2v) is 17.3. The number of phenolic OH excluding ortho intramolecular Hbond substituents is 2. The fraction of sp³-hybridized carbons (Fsp3) is 0.340. The molecule has 1 aliphatic rings. The molecule has 6 rings (SSSR count). The quantitative estimate of drug-likeness (QED) is 0.0486. The highest BCUT2D eigenvalue weighted by atomic mass is 35.5. The summed E-state index contributed by atoms with van der Waals surface area (Å²) in [5, 5.41) is 38.0. The van der Waals surface area contributed by atoms with Gasteiger partial charge in [-0.15, -0.1) is 0 Å². The van der Waals surface area contributed by atoms with Crippen LogP contribution in [0.25, 0.3) is 22.3 Å². The molecule has 4 amide bonds. The lowest BCUT2D eigenvalue weighted by molar-refractivity contribution is -0.141. The molecule has 16 heteroatoms. The van der Waals surface area contributed by atoms with E-state index in [1.807, 2.05) is 12.1 Å². The van der Waals surface area contributed by atoms with Crippen molar-refractivity contribution in [2.24, 2.45) is 17.6 Å². The van der Waals surface area contributed by atoms with E-state index in [1.165, 1.54) is 55.4 Å². The number of hydrogen-bond acceptors (Lipinski definition) is 10. The monoisotopic (exact) mass is 917 g/mol. The Morgan fingerprint density at radius 2 is 1.55 bits per heavy atom. The molecule has 5 aromatic rings. The van der Waals surface area contributed by atoms with Crippen LogP contribution in [0, 0.1) is 11.8 Å². The van der Waals surface area contributed by atoms with E-state index in [0.29, 0.717) is 42.0 Å². The number of halogens is 1. The number of hydrogen-bond donors (Lipinski definition) is 7. The lowest BCUT2D eigenvalue weighted by Crippen LogP contribution is -2.52. The van der Waals surface area contributed by atoms with Crippen LogP contribution in [0.1, 0.15) is 90.9 Å². The molecule has 0 radical (unpaired) electrons. The second-order valence-electron chi connectivity index (χ2n) is 16.8. The number of H-pyrrole nitrogens is 1. The molecule has 346 valence electrons. The van der Waals surface area contributed by atoms with Crippen LogP contribution in [0.15, 0.2) is 97.2 Å². The molecule has 2 heterocycles. The first-order valence-electron chi connectivity index (χ1n) is 22.1. The summed E-state index contributed by atoms with van der Waals surface area (Å²) in [4.78, 5) is 85.7. The van der Waals surface area contributed by atoms with Crippen molar-refractivity contribution in [2.45, 2.75) is 83.5 Å². The molecule has 15 nitrogen and oxygen atoms in total. The predicted octanol–water partition coefficient (Wildman–Crippen LogP) is 6.29. The molecule has 4 aromatic carbocycles. The van der Waals surface area contributed by atoms with Gasteiger partial charge in [0, 0.05) is 46.8 Å². The van der Waals surface area contributed by atoms with Gasteiger partial charge < -0.3 is 36.8 Å².